The fourth-order valence-corrected chi connectivity index (χ4v) is 2.41. The number of carbonyl (C=O) groups is 1. The number of amides is 1. The summed E-state index contributed by atoms with van der Waals surface area (Å²) in [5.41, 5.74) is 3.38. The van der Waals surface area contributed by atoms with Crippen LogP contribution in [0.5, 0.6) is 0 Å². The molecule has 0 fully saturated rings. The van der Waals surface area contributed by atoms with Crippen LogP contribution in [0.2, 0.25) is 0 Å². The standard InChI is InChI=1S/C20H17F2N3O/c1-12-4-3-5-17(13(12)2)24-19-9-6-14(11-23-19)20(26)25-18-8-7-15(21)10-16(18)22/h3-11H,1-2H3,(H,23,24)(H,25,26). The van der Waals surface area contributed by atoms with E-state index in [0.717, 1.165) is 22.9 Å². The molecule has 0 bridgehead atoms. The summed E-state index contributed by atoms with van der Waals surface area (Å²) in [7, 11) is 0. The number of anilines is 3. The monoisotopic (exact) mass is 353 g/mol. The van der Waals surface area contributed by atoms with Crippen molar-refractivity contribution in [2.45, 2.75) is 13.8 Å². The van der Waals surface area contributed by atoms with Gasteiger partial charge in [-0.15, -0.1) is 0 Å². The highest BCUT2D eigenvalue weighted by atomic mass is 19.1. The van der Waals surface area contributed by atoms with E-state index in [4.69, 9.17) is 0 Å². The molecule has 4 nitrogen and oxygen atoms in total. The van der Waals surface area contributed by atoms with Gasteiger partial charge in [0.15, 0.2) is 0 Å². The van der Waals surface area contributed by atoms with Crippen molar-refractivity contribution in [2.75, 3.05) is 10.6 Å². The Balaban J connectivity index is 1.72. The zero-order valence-corrected chi connectivity index (χ0v) is 14.3. The topological polar surface area (TPSA) is 54.0 Å². The minimum Gasteiger partial charge on any atom is -0.340 e. The molecule has 0 aliphatic rings. The van der Waals surface area contributed by atoms with Crippen molar-refractivity contribution in [3.05, 3.63) is 83.1 Å². The first-order valence-corrected chi connectivity index (χ1v) is 8.00. The number of aryl methyl sites for hydroxylation is 1. The molecule has 6 heteroatoms. The zero-order chi connectivity index (χ0) is 18.7. The van der Waals surface area contributed by atoms with Gasteiger partial charge in [0.25, 0.3) is 5.91 Å². The predicted octanol–water partition coefficient (Wildman–Crippen LogP) is 4.97. The second-order valence-electron chi connectivity index (χ2n) is 5.88. The number of nitrogens with one attached hydrogen (secondary N) is 2. The third-order valence-electron chi connectivity index (χ3n) is 4.07. The van der Waals surface area contributed by atoms with Gasteiger partial charge in [-0.05, 0) is 55.3 Å². The molecular formula is C20H17F2N3O. The molecule has 1 heterocycles. The summed E-state index contributed by atoms with van der Waals surface area (Å²) in [4.78, 5) is 16.4. The molecule has 1 amide bonds. The van der Waals surface area contributed by atoms with Gasteiger partial charge in [-0.25, -0.2) is 13.8 Å². The van der Waals surface area contributed by atoms with Gasteiger partial charge < -0.3 is 10.6 Å². The maximum atomic E-state index is 13.6. The number of pyridine rings is 1. The Hall–Kier alpha value is -3.28. The fraction of sp³-hybridized carbons (Fsp3) is 0.100. The van der Waals surface area contributed by atoms with E-state index in [0.29, 0.717) is 11.9 Å². The molecule has 0 saturated heterocycles. The molecule has 0 atom stereocenters. The second-order valence-corrected chi connectivity index (χ2v) is 5.88. The number of rotatable bonds is 4. The summed E-state index contributed by atoms with van der Waals surface area (Å²) in [5.74, 6) is -1.48. The molecule has 0 radical (unpaired) electrons. The Labute approximate surface area is 149 Å². The smallest absolute Gasteiger partial charge is 0.257 e. The van der Waals surface area contributed by atoms with Gasteiger partial charge >= 0.3 is 0 Å². The number of benzene rings is 2. The highest BCUT2D eigenvalue weighted by molar-refractivity contribution is 6.04. The molecular weight excluding hydrogens is 336 g/mol. The molecule has 0 saturated carbocycles. The molecule has 0 spiro atoms. The van der Waals surface area contributed by atoms with Crippen LogP contribution in [0, 0.1) is 25.5 Å². The maximum absolute atomic E-state index is 13.6. The summed E-state index contributed by atoms with van der Waals surface area (Å²) in [5, 5.41) is 5.60. The first-order valence-electron chi connectivity index (χ1n) is 8.00. The van der Waals surface area contributed by atoms with E-state index in [1.165, 1.54) is 12.3 Å². The van der Waals surface area contributed by atoms with Crippen LogP contribution < -0.4 is 10.6 Å². The Bertz CT molecular complexity index is 956. The van der Waals surface area contributed by atoms with E-state index >= 15 is 0 Å². The van der Waals surface area contributed by atoms with Crippen LogP contribution in [0.3, 0.4) is 0 Å². The van der Waals surface area contributed by atoms with Gasteiger partial charge in [-0.2, -0.15) is 0 Å². The summed E-state index contributed by atoms with van der Waals surface area (Å²) in [6, 6.07) is 12.1. The predicted molar refractivity (Wildman–Crippen MR) is 97.7 cm³/mol. The van der Waals surface area contributed by atoms with E-state index in [-0.39, 0.29) is 11.3 Å². The number of aromatic nitrogens is 1. The van der Waals surface area contributed by atoms with Crippen LogP contribution in [0.25, 0.3) is 0 Å². The van der Waals surface area contributed by atoms with E-state index in [1.54, 1.807) is 12.1 Å². The van der Waals surface area contributed by atoms with Crippen LogP contribution >= 0.6 is 0 Å². The highest BCUT2D eigenvalue weighted by Crippen LogP contribution is 2.22. The molecule has 3 aromatic rings. The lowest BCUT2D eigenvalue weighted by atomic mass is 10.1. The van der Waals surface area contributed by atoms with Crippen LogP contribution in [0.15, 0.2) is 54.7 Å². The van der Waals surface area contributed by atoms with Gasteiger partial charge in [0.1, 0.15) is 17.5 Å². The number of halogens is 2. The Morgan fingerprint density at radius 3 is 2.50 bits per heavy atom. The number of nitrogens with zero attached hydrogens (tertiary/aromatic N) is 1. The van der Waals surface area contributed by atoms with Gasteiger partial charge in [-0.1, -0.05) is 12.1 Å². The molecule has 0 aliphatic carbocycles. The minimum absolute atomic E-state index is 0.0889. The van der Waals surface area contributed by atoms with Crippen LogP contribution in [-0.4, -0.2) is 10.9 Å². The second kappa shape index (κ2) is 7.31. The Kier molecular flexibility index (Phi) is 4.93. The van der Waals surface area contributed by atoms with Crippen molar-refractivity contribution in [1.82, 2.24) is 4.98 Å². The van der Waals surface area contributed by atoms with Crippen molar-refractivity contribution >= 4 is 23.1 Å². The lowest BCUT2D eigenvalue weighted by molar-refractivity contribution is 0.102. The Morgan fingerprint density at radius 1 is 1.00 bits per heavy atom. The summed E-state index contributed by atoms with van der Waals surface area (Å²) < 4.78 is 26.5. The lowest BCUT2D eigenvalue weighted by Crippen LogP contribution is -2.13. The molecule has 1 aromatic heterocycles. The fourth-order valence-electron chi connectivity index (χ4n) is 2.41. The molecule has 132 valence electrons. The summed E-state index contributed by atoms with van der Waals surface area (Å²) >= 11 is 0. The van der Waals surface area contributed by atoms with Crippen molar-refractivity contribution < 1.29 is 13.6 Å². The summed E-state index contributed by atoms with van der Waals surface area (Å²) in [6.45, 7) is 4.03. The number of hydrogen-bond acceptors (Lipinski definition) is 3. The molecule has 0 aliphatic heterocycles. The van der Waals surface area contributed by atoms with Crippen LogP contribution in [0.1, 0.15) is 21.5 Å². The average Bonchev–Trinajstić information content (AvgIpc) is 2.62. The third-order valence-corrected chi connectivity index (χ3v) is 4.07. The van der Waals surface area contributed by atoms with Gasteiger partial charge in [0.2, 0.25) is 0 Å². The largest absolute Gasteiger partial charge is 0.340 e. The summed E-state index contributed by atoms with van der Waals surface area (Å²) in [6.07, 6.45) is 1.39. The van der Waals surface area contributed by atoms with Crippen molar-refractivity contribution in [1.29, 1.82) is 0 Å². The van der Waals surface area contributed by atoms with Crippen molar-refractivity contribution in [2.24, 2.45) is 0 Å². The zero-order valence-electron chi connectivity index (χ0n) is 14.3. The van der Waals surface area contributed by atoms with Gasteiger partial charge in [0.05, 0.1) is 11.3 Å². The molecule has 0 unspecified atom stereocenters. The average molecular weight is 353 g/mol. The van der Waals surface area contributed by atoms with Crippen LogP contribution in [0.4, 0.5) is 26.0 Å². The first kappa shape index (κ1) is 17.5. The number of hydrogen-bond donors (Lipinski definition) is 2. The first-order chi connectivity index (χ1) is 12.4. The molecule has 26 heavy (non-hydrogen) atoms. The van der Waals surface area contributed by atoms with E-state index in [1.807, 2.05) is 32.0 Å². The van der Waals surface area contributed by atoms with E-state index in [2.05, 4.69) is 15.6 Å². The molecule has 2 N–H and O–H groups in total. The van der Waals surface area contributed by atoms with Gasteiger partial charge in [-0.3, -0.25) is 4.79 Å². The quantitative estimate of drug-likeness (QED) is 0.696. The SMILES string of the molecule is Cc1cccc(Nc2ccc(C(=O)Nc3ccc(F)cc3F)cn2)c1C. The minimum atomic E-state index is -0.834. The third kappa shape index (κ3) is 3.85. The van der Waals surface area contributed by atoms with Crippen molar-refractivity contribution in [3.63, 3.8) is 0 Å². The van der Waals surface area contributed by atoms with E-state index in [9.17, 15) is 13.6 Å². The molecule has 3 rings (SSSR count). The normalized spacial score (nSPS) is 10.5. The highest BCUT2D eigenvalue weighted by Gasteiger charge is 2.11. The van der Waals surface area contributed by atoms with Gasteiger partial charge in [0, 0.05) is 18.0 Å². The molecule has 2 aromatic carbocycles. The van der Waals surface area contributed by atoms with Crippen molar-refractivity contribution in [3.8, 4) is 0 Å². The maximum Gasteiger partial charge on any atom is 0.257 e. The van der Waals surface area contributed by atoms with Crippen LogP contribution in [-0.2, 0) is 0 Å². The van der Waals surface area contributed by atoms with E-state index < -0.39 is 17.5 Å². The Morgan fingerprint density at radius 2 is 1.81 bits per heavy atom. The lowest BCUT2D eigenvalue weighted by Gasteiger charge is -2.11. The number of carbonyl (C=O) groups excluding carboxylic acids is 1.